The first-order chi connectivity index (χ1) is 16.8. The number of fused-ring (bicyclic) bond motifs is 2. The van der Waals surface area contributed by atoms with Crippen molar-refractivity contribution in [3.05, 3.63) is 88.3 Å². The number of aromatic nitrogens is 2. The fourth-order valence-corrected chi connectivity index (χ4v) is 6.27. The molecule has 0 aliphatic carbocycles. The Morgan fingerprint density at radius 3 is 2.63 bits per heavy atom. The van der Waals surface area contributed by atoms with E-state index in [4.69, 9.17) is 0 Å². The van der Waals surface area contributed by atoms with Gasteiger partial charge in [0.1, 0.15) is 10.8 Å². The predicted octanol–water partition coefficient (Wildman–Crippen LogP) is 3.98. The van der Waals surface area contributed by atoms with Gasteiger partial charge in [0.25, 0.3) is 11.8 Å². The molecule has 2 amide bonds. The molecule has 0 saturated carbocycles. The average molecular weight is 509 g/mol. The lowest BCUT2D eigenvalue weighted by atomic mass is 10.1. The quantitative estimate of drug-likeness (QED) is 0.431. The van der Waals surface area contributed by atoms with Crippen molar-refractivity contribution in [2.45, 2.75) is 23.3 Å². The molecule has 0 saturated heterocycles. The van der Waals surface area contributed by atoms with Gasteiger partial charge in [-0.2, -0.15) is 0 Å². The van der Waals surface area contributed by atoms with Crippen LogP contribution in [-0.4, -0.2) is 30.2 Å². The number of nitrogens with zero attached hydrogens (tertiary/aromatic N) is 2. The second-order valence-corrected chi connectivity index (χ2v) is 10.7. The van der Waals surface area contributed by atoms with E-state index in [1.54, 1.807) is 25.3 Å². The lowest BCUT2D eigenvalue weighted by Crippen LogP contribution is -2.24. The predicted molar refractivity (Wildman–Crippen MR) is 127 cm³/mol. The molecule has 2 aromatic heterocycles. The fourth-order valence-electron chi connectivity index (χ4n) is 3.77. The number of rotatable bonds is 4. The molecule has 0 unspecified atom stereocenters. The number of anilines is 1. The minimum atomic E-state index is -3.97. The number of carbonyl (C=O) groups excluding carboxylic acids is 2. The summed E-state index contributed by atoms with van der Waals surface area (Å²) in [6, 6.07) is 11.6. The van der Waals surface area contributed by atoms with Crippen molar-refractivity contribution in [1.82, 2.24) is 15.3 Å². The van der Waals surface area contributed by atoms with Crippen LogP contribution < -0.4 is 10.6 Å². The maximum atomic E-state index is 13.2. The van der Waals surface area contributed by atoms with E-state index >= 15 is 0 Å². The molecule has 11 heteroatoms. The lowest BCUT2D eigenvalue weighted by Gasteiger charge is -2.14. The summed E-state index contributed by atoms with van der Waals surface area (Å²) in [6.45, 7) is 1.76. The Labute approximate surface area is 203 Å². The molecule has 0 spiro atoms. The summed E-state index contributed by atoms with van der Waals surface area (Å²) in [4.78, 5) is 34.5. The van der Waals surface area contributed by atoms with Gasteiger partial charge in [0.05, 0.1) is 39.5 Å². The third-order valence-corrected chi connectivity index (χ3v) is 8.42. The maximum absolute atomic E-state index is 13.2. The largest absolute Gasteiger partial charge is 0.347 e. The van der Waals surface area contributed by atoms with Gasteiger partial charge in [-0.25, -0.2) is 17.8 Å². The molecule has 176 valence electrons. The minimum absolute atomic E-state index is 0.0470. The maximum Gasteiger partial charge on any atom is 0.257 e. The van der Waals surface area contributed by atoms with Gasteiger partial charge in [0.2, 0.25) is 9.84 Å². The molecule has 2 aromatic carbocycles. The number of nitrogens with one attached hydrogen (secondary N) is 2. The summed E-state index contributed by atoms with van der Waals surface area (Å²) in [6.07, 6.45) is 2.70. The first kappa shape index (κ1) is 22.8. The van der Waals surface area contributed by atoms with Crippen molar-refractivity contribution in [3.8, 4) is 10.7 Å². The van der Waals surface area contributed by atoms with Gasteiger partial charge in [-0.15, -0.1) is 11.3 Å². The molecular weight excluding hydrogens is 491 g/mol. The van der Waals surface area contributed by atoms with E-state index in [9.17, 15) is 22.4 Å². The summed E-state index contributed by atoms with van der Waals surface area (Å²) in [5, 5.41) is 6.03. The van der Waals surface area contributed by atoms with Crippen LogP contribution in [0.3, 0.4) is 0 Å². The molecule has 3 heterocycles. The normalized spacial score (nSPS) is 13.8. The molecule has 0 fully saturated rings. The van der Waals surface area contributed by atoms with Crippen molar-refractivity contribution >= 4 is 38.7 Å². The van der Waals surface area contributed by atoms with Crippen LogP contribution in [0.4, 0.5) is 10.1 Å². The van der Waals surface area contributed by atoms with E-state index in [1.165, 1.54) is 47.7 Å². The second-order valence-electron chi connectivity index (χ2n) is 7.74. The van der Waals surface area contributed by atoms with E-state index < -0.39 is 27.5 Å². The average Bonchev–Trinajstić information content (AvgIpc) is 3.30. The molecule has 0 atom stereocenters. The summed E-state index contributed by atoms with van der Waals surface area (Å²) >= 11 is 1.30. The highest BCUT2D eigenvalue weighted by Crippen LogP contribution is 2.36. The third kappa shape index (κ3) is 4.08. The van der Waals surface area contributed by atoms with Gasteiger partial charge in [-0.1, -0.05) is 12.1 Å². The van der Waals surface area contributed by atoms with Gasteiger partial charge in [0, 0.05) is 16.6 Å². The zero-order chi connectivity index (χ0) is 24.7. The number of halogens is 1. The highest BCUT2D eigenvalue weighted by atomic mass is 32.2. The second kappa shape index (κ2) is 8.67. The smallest absolute Gasteiger partial charge is 0.257 e. The first-order valence-electron chi connectivity index (χ1n) is 10.4. The molecule has 1 aliphatic heterocycles. The molecule has 8 nitrogen and oxygen atoms in total. The Kier molecular flexibility index (Phi) is 5.65. The summed E-state index contributed by atoms with van der Waals surface area (Å²) in [7, 11) is -3.97. The summed E-state index contributed by atoms with van der Waals surface area (Å²) in [5.41, 5.74) is 1.22. The molecule has 5 rings (SSSR count). The topological polar surface area (TPSA) is 118 Å². The van der Waals surface area contributed by atoms with Gasteiger partial charge >= 0.3 is 0 Å². The van der Waals surface area contributed by atoms with Crippen LogP contribution in [0.5, 0.6) is 0 Å². The van der Waals surface area contributed by atoms with Crippen LogP contribution in [0.2, 0.25) is 0 Å². The first-order valence-corrected chi connectivity index (χ1v) is 12.7. The Morgan fingerprint density at radius 1 is 1.06 bits per heavy atom. The Morgan fingerprint density at radius 2 is 1.86 bits per heavy atom. The van der Waals surface area contributed by atoms with Crippen molar-refractivity contribution in [3.63, 3.8) is 0 Å². The van der Waals surface area contributed by atoms with Crippen LogP contribution >= 0.6 is 11.3 Å². The van der Waals surface area contributed by atoms with Gasteiger partial charge in [0.15, 0.2) is 0 Å². The highest BCUT2D eigenvalue weighted by molar-refractivity contribution is 7.91. The van der Waals surface area contributed by atoms with Crippen LogP contribution in [0.25, 0.3) is 10.7 Å². The van der Waals surface area contributed by atoms with Crippen LogP contribution in [0.15, 0.2) is 70.7 Å². The van der Waals surface area contributed by atoms with Crippen LogP contribution in [0, 0.1) is 12.7 Å². The van der Waals surface area contributed by atoms with Gasteiger partial charge in [-0.05, 0) is 48.9 Å². The highest BCUT2D eigenvalue weighted by Gasteiger charge is 2.33. The Hall–Kier alpha value is -3.96. The number of benzene rings is 2. The standard InChI is InChI=1S/C24H17FN4O4S2/c1-13-16(22(30)27-11-15-12-28-24(34-15)18-8-6-14(25)10-26-18)7-9-20-21(13)29-23(31)17-4-2-3-5-19(17)35(20,32)33/h2-10,12H,11H2,1H3,(H,27,30)(H,29,31). The van der Waals surface area contributed by atoms with Crippen molar-refractivity contribution in [1.29, 1.82) is 0 Å². The Bertz CT molecular complexity index is 1600. The number of hydrogen-bond acceptors (Lipinski definition) is 7. The van der Waals surface area contributed by atoms with Crippen LogP contribution in [0.1, 0.15) is 31.2 Å². The van der Waals surface area contributed by atoms with Crippen molar-refractivity contribution < 1.29 is 22.4 Å². The van der Waals surface area contributed by atoms with E-state index in [0.29, 0.717) is 16.3 Å². The van der Waals surface area contributed by atoms with Crippen molar-refractivity contribution in [2.75, 3.05) is 5.32 Å². The molecule has 4 aromatic rings. The Balaban J connectivity index is 1.39. The van der Waals surface area contributed by atoms with E-state index in [0.717, 1.165) is 11.1 Å². The molecule has 35 heavy (non-hydrogen) atoms. The number of sulfone groups is 1. The molecular formula is C24H17FN4O4S2. The zero-order valence-electron chi connectivity index (χ0n) is 18.2. The van der Waals surface area contributed by atoms with Gasteiger partial charge < -0.3 is 10.6 Å². The fraction of sp³-hybridized carbons (Fsp3) is 0.0833. The summed E-state index contributed by atoms with van der Waals surface area (Å²) < 4.78 is 39.5. The van der Waals surface area contributed by atoms with E-state index in [1.807, 2.05) is 0 Å². The monoisotopic (exact) mass is 508 g/mol. The van der Waals surface area contributed by atoms with Gasteiger partial charge in [-0.3, -0.25) is 14.6 Å². The molecule has 0 radical (unpaired) electrons. The molecule has 2 N–H and O–H groups in total. The van der Waals surface area contributed by atoms with Crippen molar-refractivity contribution in [2.24, 2.45) is 0 Å². The minimum Gasteiger partial charge on any atom is -0.347 e. The van der Waals surface area contributed by atoms with E-state index in [-0.39, 0.29) is 33.2 Å². The molecule has 0 bridgehead atoms. The summed E-state index contributed by atoms with van der Waals surface area (Å²) in [5.74, 6) is -1.44. The number of carbonyl (C=O) groups is 2. The lowest BCUT2D eigenvalue weighted by molar-refractivity contribution is 0.0949. The number of hydrogen-bond donors (Lipinski definition) is 2. The number of pyridine rings is 1. The zero-order valence-corrected chi connectivity index (χ0v) is 19.8. The third-order valence-electron chi connectivity index (χ3n) is 5.54. The SMILES string of the molecule is Cc1c(C(=O)NCc2cnc(-c3ccc(F)cn3)s2)ccc2c1NC(=O)c1ccccc1S2(=O)=O. The number of thiazole rings is 1. The number of amides is 2. The molecule has 1 aliphatic rings. The van der Waals surface area contributed by atoms with E-state index in [2.05, 4.69) is 20.6 Å². The van der Waals surface area contributed by atoms with Crippen LogP contribution in [-0.2, 0) is 16.4 Å².